The summed E-state index contributed by atoms with van der Waals surface area (Å²) >= 11 is 1.13. The van der Waals surface area contributed by atoms with Crippen LogP contribution < -0.4 is 19.7 Å². The molecule has 140 valence electrons. The average Bonchev–Trinajstić information content (AvgIpc) is 3.00. The number of carbonyl (C=O) groups excluding carboxylic acids is 1. The van der Waals surface area contributed by atoms with E-state index in [2.05, 4.69) is 10.3 Å². The Bertz CT molecular complexity index is 979. The van der Waals surface area contributed by atoms with E-state index in [-0.39, 0.29) is 17.2 Å². The van der Waals surface area contributed by atoms with Crippen LogP contribution >= 0.6 is 11.3 Å². The predicted octanol–water partition coefficient (Wildman–Crippen LogP) is 3.44. The lowest BCUT2D eigenvalue weighted by Crippen LogP contribution is -2.20. The van der Waals surface area contributed by atoms with Gasteiger partial charge in [0.1, 0.15) is 17.2 Å². The lowest BCUT2D eigenvalue weighted by molar-refractivity contribution is -0.116. The van der Waals surface area contributed by atoms with Crippen molar-refractivity contribution in [1.82, 2.24) is 9.55 Å². The molecule has 0 saturated carbocycles. The fourth-order valence-electron chi connectivity index (χ4n) is 2.42. The highest BCUT2D eigenvalue weighted by Gasteiger charge is 2.11. The number of anilines is 1. The van der Waals surface area contributed by atoms with Gasteiger partial charge in [0.2, 0.25) is 11.8 Å². The van der Waals surface area contributed by atoms with Gasteiger partial charge in [-0.15, -0.1) is 0 Å². The van der Waals surface area contributed by atoms with Crippen molar-refractivity contribution in [3.63, 3.8) is 0 Å². The third kappa shape index (κ3) is 4.73. The van der Waals surface area contributed by atoms with E-state index in [1.54, 1.807) is 59.7 Å². The van der Waals surface area contributed by atoms with Crippen LogP contribution in [0.2, 0.25) is 0 Å². The summed E-state index contributed by atoms with van der Waals surface area (Å²) in [6.07, 6.45) is 1.76. The first-order valence-electron chi connectivity index (χ1n) is 8.28. The van der Waals surface area contributed by atoms with Gasteiger partial charge in [0.25, 0.3) is 0 Å². The van der Waals surface area contributed by atoms with Crippen LogP contribution in [0.1, 0.15) is 12.1 Å². The number of pyridine rings is 1. The second kappa shape index (κ2) is 8.50. The molecule has 0 aliphatic carbocycles. The zero-order chi connectivity index (χ0) is 19.2. The molecule has 0 radical (unpaired) electrons. The van der Waals surface area contributed by atoms with Gasteiger partial charge in [0, 0.05) is 30.2 Å². The number of carbonyl (C=O) groups is 1. The van der Waals surface area contributed by atoms with Crippen molar-refractivity contribution in [3.8, 4) is 17.4 Å². The van der Waals surface area contributed by atoms with Crippen LogP contribution in [0, 0.1) is 6.92 Å². The van der Waals surface area contributed by atoms with E-state index in [0.717, 1.165) is 22.8 Å². The van der Waals surface area contributed by atoms with E-state index in [0.29, 0.717) is 23.9 Å². The maximum Gasteiger partial charge on any atom is 0.307 e. The number of hydrogen-bond donors (Lipinski definition) is 1. The monoisotopic (exact) mass is 385 g/mol. The van der Waals surface area contributed by atoms with Gasteiger partial charge in [-0.05, 0) is 43.3 Å². The smallest absolute Gasteiger partial charge is 0.307 e. The first kappa shape index (κ1) is 18.7. The molecule has 3 rings (SSSR count). The van der Waals surface area contributed by atoms with Crippen LogP contribution in [0.15, 0.2) is 52.8 Å². The lowest BCUT2D eigenvalue weighted by atomic mass is 10.3. The molecule has 0 saturated heterocycles. The largest absolute Gasteiger partial charge is 0.497 e. The number of nitrogens with zero attached hydrogens (tertiary/aromatic N) is 2. The van der Waals surface area contributed by atoms with Gasteiger partial charge < -0.3 is 19.4 Å². The zero-order valence-corrected chi connectivity index (χ0v) is 15.8. The molecule has 0 fully saturated rings. The molecule has 2 aromatic heterocycles. The van der Waals surface area contributed by atoms with Crippen molar-refractivity contribution in [2.45, 2.75) is 19.9 Å². The van der Waals surface area contributed by atoms with Gasteiger partial charge >= 0.3 is 4.87 Å². The third-order valence-corrected chi connectivity index (χ3v) is 4.74. The van der Waals surface area contributed by atoms with Crippen molar-refractivity contribution in [3.05, 3.63) is 63.3 Å². The van der Waals surface area contributed by atoms with Gasteiger partial charge in [-0.2, -0.15) is 0 Å². The van der Waals surface area contributed by atoms with Gasteiger partial charge in [-0.1, -0.05) is 11.3 Å². The molecule has 8 heteroatoms. The summed E-state index contributed by atoms with van der Waals surface area (Å²) in [5.41, 5.74) is 1.32. The summed E-state index contributed by atoms with van der Waals surface area (Å²) < 4.78 is 12.5. The Morgan fingerprint density at radius 2 is 1.96 bits per heavy atom. The Hall–Kier alpha value is -3.13. The molecule has 0 spiro atoms. The first-order chi connectivity index (χ1) is 13.1. The number of aryl methyl sites for hydroxylation is 1. The third-order valence-electron chi connectivity index (χ3n) is 3.86. The number of amides is 1. The summed E-state index contributed by atoms with van der Waals surface area (Å²) in [6.45, 7) is 2.17. The number of rotatable bonds is 7. The minimum Gasteiger partial charge on any atom is -0.497 e. The number of ether oxygens (including phenoxy) is 2. The molecule has 0 aliphatic heterocycles. The number of thiazole rings is 1. The van der Waals surface area contributed by atoms with Gasteiger partial charge in [-0.25, -0.2) is 4.98 Å². The summed E-state index contributed by atoms with van der Waals surface area (Å²) in [5, 5.41) is 4.57. The van der Waals surface area contributed by atoms with Gasteiger partial charge in [0.05, 0.1) is 7.11 Å². The number of methoxy groups -OCH3 is 1. The Morgan fingerprint density at radius 1 is 1.22 bits per heavy atom. The minimum absolute atomic E-state index is 0.0646. The maximum absolute atomic E-state index is 12.3. The molecule has 1 amide bonds. The molecule has 1 aromatic carbocycles. The standard InChI is InChI=1S/C19H19N3O4S/c1-13-12-27-19(24)22(13)11-9-17(23)21-16-4-3-10-20-18(16)26-15-7-5-14(25-2)6-8-15/h3-8,10,12H,9,11H2,1-2H3,(H,21,23). The van der Waals surface area contributed by atoms with Crippen LogP contribution in [-0.2, 0) is 11.3 Å². The summed E-state index contributed by atoms with van der Waals surface area (Å²) in [6, 6.07) is 10.5. The zero-order valence-electron chi connectivity index (χ0n) is 15.0. The van der Waals surface area contributed by atoms with Crippen LogP contribution in [-0.4, -0.2) is 22.6 Å². The topological polar surface area (TPSA) is 82.4 Å². The second-order valence-corrected chi connectivity index (χ2v) is 6.55. The van der Waals surface area contributed by atoms with Crippen molar-refractivity contribution in [2.75, 3.05) is 12.4 Å². The number of aromatic nitrogens is 2. The quantitative estimate of drug-likeness (QED) is 0.674. The number of benzene rings is 1. The fraction of sp³-hybridized carbons (Fsp3) is 0.211. The molecule has 0 atom stereocenters. The molecule has 3 aromatic rings. The average molecular weight is 385 g/mol. The van der Waals surface area contributed by atoms with E-state index >= 15 is 0 Å². The first-order valence-corrected chi connectivity index (χ1v) is 9.16. The van der Waals surface area contributed by atoms with E-state index in [1.807, 2.05) is 6.92 Å². The highest BCUT2D eigenvalue weighted by atomic mass is 32.1. The number of nitrogens with one attached hydrogen (secondary N) is 1. The fourth-order valence-corrected chi connectivity index (χ4v) is 3.18. The highest BCUT2D eigenvalue weighted by Crippen LogP contribution is 2.28. The van der Waals surface area contributed by atoms with E-state index < -0.39 is 0 Å². The molecular weight excluding hydrogens is 366 g/mol. The molecule has 2 heterocycles. The van der Waals surface area contributed by atoms with Crippen LogP contribution in [0.3, 0.4) is 0 Å². The molecular formula is C19H19N3O4S. The molecule has 0 unspecified atom stereocenters. The molecule has 1 N–H and O–H groups in total. The van der Waals surface area contributed by atoms with Crippen LogP contribution in [0.25, 0.3) is 0 Å². The van der Waals surface area contributed by atoms with Gasteiger partial charge in [-0.3, -0.25) is 9.59 Å². The lowest BCUT2D eigenvalue weighted by Gasteiger charge is -2.11. The Morgan fingerprint density at radius 3 is 2.63 bits per heavy atom. The van der Waals surface area contributed by atoms with Crippen LogP contribution in [0.5, 0.6) is 17.4 Å². The Kier molecular flexibility index (Phi) is 5.87. The van der Waals surface area contributed by atoms with E-state index in [4.69, 9.17) is 9.47 Å². The van der Waals surface area contributed by atoms with Crippen molar-refractivity contribution < 1.29 is 14.3 Å². The molecule has 0 bridgehead atoms. The van der Waals surface area contributed by atoms with Gasteiger partial charge in [0.15, 0.2) is 0 Å². The summed E-state index contributed by atoms with van der Waals surface area (Å²) in [4.78, 5) is 28.1. The summed E-state index contributed by atoms with van der Waals surface area (Å²) in [5.74, 6) is 1.36. The van der Waals surface area contributed by atoms with E-state index in [1.165, 1.54) is 0 Å². The van der Waals surface area contributed by atoms with E-state index in [9.17, 15) is 9.59 Å². The SMILES string of the molecule is COc1ccc(Oc2ncccc2NC(=O)CCn2c(C)csc2=O)cc1. The molecule has 27 heavy (non-hydrogen) atoms. The van der Waals surface area contributed by atoms with Crippen LogP contribution in [0.4, 0.5) is 5.69 Å². The normalized spacial score (nSPS) is 10.4. The van der Waals surface area contributed by atoms with Crippen molar-refractivity contribution in [2.24, 2.45) is 0 Å². The second-order valence-electron chi connectivity index (χ2n) is 5.73. The van der Waals surface area contributed by atoms with Crippen molar-refractivity contribution in [1.29, 1.82) is 0 Å². The molecule has 7 nitrogen and oxygen atoms in total. The Balaban J connectivity index is 1.66. The molecule has 0 aliphatic rings. The Labute approximate surface area is 160 Å². The minimum atomic E-state index is -0.222. The highest BCUT2D eigenvalue weighted by molar-refractivity contribution is 7.07. The predicted molar refractivity (Wildman–Crippen MR) is 104 cm³/mol. The summed E-state index contributed by atoms with van der Waals surface area (Å²) in [7, 11) is 1.59. The number of hydrogen-bond acceptors (Lipinski definition) is 6. The maximum atomic E-state index is 12.3. The van der Waals surface area contributed by atoms with Crippen molar-refractivity contribution >= 4 is 22.9 Å².